The lowest BCUT2D eigenvalue weighted by Gasteiger charge is -2.14. The van der Waals surface area contributed by atoms with E-state index in [1.54, 1.807) is 6.92 Å². The summed E-state index contributed by atoms with van der Waals surface area (Å²) >= 11 is 0. The minimum absolute atomic E-state index is 0.496. The fourth-order valence-electron chi connectivity index (χ4n) is 1.25. The Morgan fingerprint density at radius 3 is 2.17 bits per heavy atom. The molecule has 2 N–H and O–H groups in total. The van der Waals surface area contributed by atoms with Crippen molar-refractivity contribution in [3.63, 3.8) is 0 Å². The Hall–Kier alpha value is -1.02. The van der Waals surface area contributed by atoms with Gasteiger partial charge in [-0.2, -0.15) is 0 Å². The number of hydrogen-bond acceptors (Lipinski definition) is 2. The number of benzene rings is 1. The van der Waals surface area contributed by atoms with E-state index in [2.05, 4.69) is 5.32 Å². The quantitative estimate of drug-likeness (QED) is 0.657. The second-order valence-electron chi connectivity index (χ2n) is 3.09. The second-order valence-corrected chi connectivity index (χ2v) is 3.09. The Labute approximate surface area is 73.2 Å². The first kappa shape index (κ1) is 9.07. The molecule has 0 spiro atoms. The van der Waals surface area contributed by atoms with Crippen LogP contribution in [0.5, 0.6) is 0 Å². The highest BCUT2D eigenvalue weighted by atomic mass is 16.3. The lowest BCUT2D eigenvalue weighted by atomic mass is 10.1. The average Bonchev–Trinajstić information content (AvgIpc) is 1.97. The Balaban J connectivity index is 2.96. The molecule has 0 radical (unpaired) electrons. The van der Waals surface area contributed by atoms with E-state index < -0.39 is 6.23 Å². The summed E-state index contributed by atoms with van der Waals surface area (Å²) in [5.41, 5.74) is 3.36. The molecule has 1 rings (SSSR count). The van der Waals surface area contributed by atoms with Crippen LogP contribution in [0.2, 0.25) is 0 Å². The third kappa shape index (κ3) is 1.98. The molecule has 0 aliphatic rings. The molecule has 0 aromatic heterocycles. The molecule has 2 heteroatoms. The minimum Gasteiger partial charge on any atom is -0.374 e. The second kappa shape index (κ2) is 3.59. The molecule has 0 saturated carbocycles. The first-order valence-electron chi connectivity index (χ1n) is 4.12. The lowest BCUT2D eigenvalue weighted by molar-refractivity contribution is 0.224. The van der Waals surface area contributed by atoms with E-state index in [-0.39, 0.29) is 0 Å². The van der Waals surface area contributed by atoms with Crippen LogP contribution in [0.15, 0.2) is 18.2 Å². The summed E-state index contributed by atoms with van der Waals surface area (Å²) in [4.78, 5) is 0. The molecular formula is C10H15NO. The van der Waals surface area contributed by atoms with Gasteiger partial charge < -0.3 is 10.4 Å². The molecule has 1 unspecified atom stereocenters. The number of aliphatic hydroxyl groups excluding tert-OH is 1. The van der Waals surface area contributed by atoms with Crippen molar-refractivity contribution in [1.82, 2.24) is 0 Å². The molecule has 0 bridgehead atoms. The van der Waals surface area contributed by atoms with Crippen molar-refractivity contribution in [2.45, 2.75) is 27.0 Å². The molecule has 0 heterocycles. The van der Waals surface area contributed by atoms with Crippen LogP contribution in [0.25, 0.3) is 0 Å². The van der Waals surface area contributed by atoms with E-state index in [0.29, 0.717) is 0 Å². The molecule has 0 saturated heterocycles. The predicted molar refractivity (Wildman–Crippen MR) is 51.2 cm³/mol. The molecule has 0 fully saturated rings. The van der Waals surface area contributed by atoms with Crippen molar-refractivity contribution in [2.24, 2.45) is 0 Å². The SMILES string of the molecule is Cc1cccc(C)c1NC(C)O. The van der Waals surface area contributed by atoms with Gasteiger partial charge in [-0.25, -0.2) is 0 Å². The first-order chi connectivity index (χ1) is 5.61. The largest absolute Gasteiger partial charge is 0.374 e. The van der Waals surface area contributed by atoms with Crippen LogP contribution < -0.4 is 5.32 Å². The van der Waals surface area contributed by atoms with Crippen molar-refractivity contribution in [3.8, 4) is 0 Å². The van der Waals surface area contributed by atoms with Gasteiger partial charge in [-0.15, -0.1) is 0 Å². The average molecular weight is 165 g/mol. The standard InChI is InChI=1S/C10H15NO/c1-7-5-4-6-8(2)10(7)11-9(3)12/h4-6,9,11-12H,1-3H3. The monoisotopic (exact) mass is 165 g/mol. The molecule has 2 nitrogen and oxygen atoms in total. The normalized spacial score (nSPS) is 12.7. The van der Waals surface area contributed by atoms with Gasteiger partial charge in [0.15, 0.2) is 0 Å². The van der Waals surface area contributed by atoms with E-state index >= 15 is 0 Å². The van der Waals surface area contributed by atoms with Crippen LogP contribution in [0.3, 0.4) is 0 Å². The van der Waals surface area contributed by atoms with Crippen molar-refractivity contribution < 1.29 is 5.11 Å². The van der Waals surface area contributed by atoms with Gasteiger partial charge in [0.05, 0.1) is 0 Å². The smallest absolute Gasteiger partial charge is 0.121 e. The van der Waals surface area contributed by atoms with Gasteiger partial charge in [-0.05, 0) is 31.9 Å². The Bertz CT molecular complexity index is 248. The summed E-state index contributed by atoms with van der Waals surface area (Å²) < 4.78 is 0. The number of hydrogen-bond donors (Lipinski definition) is 2. The van der Waals surface area contributed by atoms with Crippen LogP contribution in [0, 0.1) is 13.8 Å². The van der Waals surface area contributed by atoms with Gasteiger partial charge >= 0.3 is 0 Å². The minimum atomic E-state index is -0.496. The van der Waals surface area contributed by atoms with Gasteiger partial charge in [-0.1, -0.05) is 18.2 Å². The third-order valence-electron chi connectivity index (χ3n) is 1.83. The zero-order valence-corrected chi connectivity index (χ0v) is 7.76. The van der Waals surface area contributed by atoms with Crippen molar-refractivity contribution in [2.75, 3.05) is 5.32 Å². The summed E-state index contributed by atoms with van der Waals surface area (Å²) in [6.45, 7) is 5.77. The first-order valence-corrected chi connectivity index (χ1v) is 4.12. The maximum atomic E-state index is 9.14. The van der Waals surface area contributed by atoms with Crippen LogP contribution in [0.4, 0.5) is 5.69 Å². The topological polar surface area (TPSA) is 32.3 Å². The molecule has 12 heavy (non-hydrogen) atoms. The molecule has 66 valence electrons. The van der Waals surface area contributed by atoms with E-state index in [4.69, 9.17) is 5.11 Å². The van der Waals surface area contributed by atoms with Gasteiger partial charge in [0.2, 0.25) is 0 Å². The highest BCUT2D eigenvalue weighted by molar-refractivity contribution is 5.56. The number of rotatable bonds is 2. The maximum Gasteiger partial charge on any atom is 0.121 e. The van der Waals surface area contributed by atoms with Gasteiger partial charge in [0.1, 0.15) is 6.23 Å². The molecule has 1 aromatic carbocycles. The van der Waals surface area contributed by atoms with Gasteiger partial charge in [-0.3, -0.25) is 0 Å². The maximum absolute atomic E-state index is 9.14. The molecule has 1 atom stereocenters. The number of anilines is 1. The fourth-order valence-corrected chi connectivity index (χ4v) is 1.25. The summed E-state index contributed by atoms with van der Waals surface area (Å²) in [6, 6.07) is 6.06. The number of para-hydroxylation sites is 1. The summed E-state index contributed by atoms with van der Waals surface area (Å²) in [5, 5.41) is 12.1. The van der Waals surface area contributed by atoms with Gasteiger partial charge in [0.25, 0.3) is 0 Å². The van der Waals surface area contributed by atoms with E-state index in [9.17, 15) is 0 Å². The predicted octanol–water partition coefficient (Wildman–Crippen LogP) is 2.05. The summed E-state index contributed by atoms with van der Waals surface area (Å²) in [6.07, 6.45) is -0.496. The van der Waals surface area contributed by atoms with Crippen molar-refractivity contribution in [3.05, 3.63) is 29.3 Å². The van der Waals surface area contributed by atoms with E-state index in [1.165, 1.54) is 0 Å². The number of aryl methyl sites for hydroxylation is 2. The zero-order valence-electron chi connectivity index (χ0n) is 7.76. The van der Waals surface area contributed by atoms with Crippen LogP contribution >= 0.6 is 0 Å². The summed E-state index contributed by atoms with van der Waals surface area (Å²) in [5.74, 6) is 0. The van der Waals surface area contributed by atoms with Gasteiger partial charge in [0, 0.05) is 5.69 Å². The van der Waals surface area contributed by atoms with Crippen LogP contribution in [0.1, 0.15) is 18.1 Å². The number of aliphatic hydroxyl groups is 1. The molecular weight excluding hydrogens is 150 g/mol. The van der Waals surface area contributed by atoms with Crippen LogP contribution in [-0.4, -0.2) is 11.3 Å². The van der Waals surface area contributed by atoms with E-state index in [1.807, 2.05) is 32.0 Å². The summed E-state index contributed by atoms with van der Waals surface area (Å²) in [7, 11) is 0. The van der Waals surface area contributed by atoms with Crippen molar-refractivity contribution in [1.29, 1.82) is 0 Å². The zero-order chi connectivity index (χ0) is 9.14. The highest BCUT2D eigenvalue weighted by Gasteiger charge is 2.02. The molecule has 0 aliphatic heterocycles. The van der Waals surface area contributed by atoms with Crippen LogP contribution in [-0.2, 0) is 0 Å². The third-order valence-corrected chi connectivity index (χ3v) is 1.83. The Morgan fingerprint density at radius 1 is 1.25 bits per heavy atom. The van der Waals surface area contributed by atoms with Crippen molar-refractivity contribution >= 4 is 5.69 Å². The van der Waals surface area contributed by atoms with E-state index in [0.717, 1.165) is 16.8 Å². The Morgan fingerprint density at radius 2 is 1.75 bits per heavy atom. The molecule has 1 aromatic rings. The fraction of sp³-hybridized carbons (Fsp3) is 0.400. The number of nitrogens with one attached hydrogen (secondary N) is 1. The molecule has 0 aliphatic carbocycles. The molecule has 0 amide bonds. The lowest BCUT2D eigenvalue weighted by Crippen LogP contribution is -2.15. The highest BCUT2D eigenvalue weighted by Crippen LogP contribution is 2.19. The Kier molecular flexibility index (Phi) is 2.71.